The van der Waals surface area contributed by atoms with Crippen LogP contribution in [0, 0.1) is 21.4 Å². The fraction of sp³-hybridized carbons (Fsp3) is 0.357. The molecule has 0 saturated heterocycles. The molecule has 2 rings (SSSR count). The fourth-order valence-corrected chi connectivity index (χ4v) is 13.0. The lowest BCUT2D eigenvalue weighted by Gasteiger charge is -2.17. The second-order valence-corrected chi connectivity index (χ2v) is 16.1. The summed E-state index contributed by atoms with van der Waals surface area (Å²) in [5.41, 5.74) is 0.940. The van der Waals surface area contributed by atoms with Gasteiger partial charge in [0.2, 0.25) is 11.8 Å². The molecule has 0 unspecified atom stereocenters. The summed E-state index contributed by atoms with van der Waals surface area (Å²) >= 11 is 11.3. The van der Waals surface area contributed by atoms with Crippen LogP contribution in [0.4, 0.5) is 11.4 Å². The van der Waals surface area contributed by atoms with Crippen molar-refractivity contribution in [2.24, 2.45) is 0 Å². The second kappa shape index (κ2) is 19.7. The lowest BCUT2D eigenvalue weighted by atomic mass is 10.1. The topological polar surface area (TPSA) is 191 Å². The van der Waals surface area contributed by atoms with Gasteiger partial charge in [-0.3, -0.25) is 19.2 Å². The fourth-order valence-electron chi connectivity index (χ4n) is 4.25. The first-order valence-electron chi connectivity index (χ1n) is 13.5. The predicted molar refractivity (Wildman–Crippen MR) is 224 cm³/mol. The van der Waals surface area contributed by atoms with E-state index < -0.39 is 23.8 Å². The number of anilines is 2. The van der Waals surface area contributed by atoms with Crippen LogP contribution in [0.15, 0.2) is 0 Å². The second-order valence-electron chi connectivity index (χ2n) is 9.62. The number of halogens is 6. The van der Waals surface area contributed by atoms with Gasteiger partial charge >= 0.3 is 11.9 Å². The summed E-state index contributed by atoms with van der Waals surface area (Å²) in [4.78, 5) is 74.2. The number of carboxylic acid groups (broad SMARTS) is 2. The molecule has 0 aliphatic rings. The van der Waals surface area contributed by atoms with E-state index in [9.17, 15) is 39.0 Å². The molecule has 0 bridgehead atoms. The average molecular weight is 1310 g/mol. The molecule has 0 aromatic heterocycles. The van der Waals surface area contributed by atoms with Gasteiger partial charge in [-0.25, -0.2) is 9.59 Å². The number of carbonyl (C=O) groups excluding carboxylic acids is 4. The highest BCUT2D eigenvalue weighted by Crippen LogP contribution is 2.37. The van der Waals surface area contributed by atoms with Crippen molar-refractivity contribution in [3.8, 4) is 0 Å². The third-order valence-electron chi connectivity index (χ3n) is 6.56. The Kier molecular flexibility index (Phi) is 17.9. The summed E-state index contributed by atoms with van der Waals surface area (Å²) in [6.07, 6.45) is 4.93. The van der Waals surface area contributed by atoms with Crippen LogP contribution in [0.3, 0.4) is 0 Å². The highest BCUT2D eigenvalue weighted by Gasteiger charge is 2.29. The molecular weight excluding hydrogens is 1280 g/mol. The average Bonchev–Trinajstić information content (AvgIpc) is 2.98. The van der Waals surface area contributed by atoms with Crippen LogP contribution in [-0.4, -0.2) is 59.9 Å². The monoisotopic (exact) mass is 1310 g/mol. The third-order valence-corrected chi connectivity index (χ3v) is 13.0. The van der Waals surface area contributed by atoms with E-state index in [-0.39, 0.29) is 46.9 Å². The Hall–Kier alpha value is -0.360. The third kappa shape index (κ3) is 10.6. The van der Waals surface area contributed by atoms with Crippen LogP contribution in [0.5, 0.6) is 0 Å². The lowest BCUT2D eigenvalue weighted by molar-refractivity contribution is -0.117. The Morgan fingerprint density at radius 2 is 0.761 bits per heavy atom. The largest absolute Gasteiger partial charge is 0.478 e. The van der Waals surface area contributed by atoms with Crippen LogP contribution >= 0.6 is 136 Å². The first kappa shape index (κ1) is 41.8. The zero-order valence-electron chi connectivity index (χ0n) is 24.3. The van der Waals surface area contributed by atoms with Gasteiger partial charge in [0, 0.05) is 34.1 Å². The SMILES string of the molecule is CNC(=O)c1c(I)c(NC(=O)CCCCCCCCC(=O)Nc2c(I)c(C(=O)O)c(I)c(C(=O)NC)c2I)c(I)c(C(=O)O)c1I. The molecular formula is C28H28I6N4O8. The molecule has 0 aliphatic heterocycles. The van der Waals surface area contributed by atoms with Crippen molar-refractivity contribution >= 4 is 182 Å². The molecule has 0 radical (unpaired) electrons. The van der Waals surface area contributed by atoms with E-state index in [1.807, 2.05) is 136 Å². The molecule has 0 saturated carbocycles. The van der Waals surface area contributed by atoms with Crippen LogP contribution in [0.1, 0.15) is 92.8 Å². The quantitative estimate of drug-likeness (QED) is 0.0802. The molecule has 12 nitrogen and oxygen atoms in total. The van der Waals surface area contributed by atoms with Crippen molar-refractivity contribution in [2.45, 2.75) is 51.4 Å². The summed E-state index contributed by atoms with van der Waals surface area (Å²) in [5.74, 6) is -3.82. The summed E-state index contributed by atoms with van der Waals surface area (Å²) < 4.78 is 2.24. The van der Waals surface area contributed by atoms with Crippen LogP contribution in [-0.2, 0) is 9.59 Å². The van der Waals surface area contributed by atoms with E-state index in [1.54, 1.807) is 0 Å². The predicted octanol–water partition coefficient (Wildman–Crippen LogP) is 7.13. The van der Waals surface area contributed by atoms with Gasteiger partial charge in [0.15, 0.2) is 0 Å². The standard InChI is InChI=1S/C28H28I6N4O8/c1-35-25(41)13-17(29)15(27(43)44)21(33)23(19(13)31)37-11(39)9-7-5-3-4-6-8-10-12(40)38-24-20(32)14(26(42)36-2)18(30)16(22(24)34)28(45)46/h3-10H2,1-2H3,(H,35,41)(H,36,42)(H,37,39)(H,38,40)(H,43,44)(H,45,46). The van der Waals surface area contributed by atoms with E-state index in [2.05, 4.69) is 21.3 Å². The highest BCUT2D eigenvalue weighted by atomic mass is 127. The molecule has 0 aliphatic carbocycles. The number of benzene rings is 2. The normalized spacial score (nSPS) is 10.7. The minimum atomic E-state index is -1.19. The Labute approximate surface area is 347 Å². The number of hydrogen-bond acceptors (Lipinski definition) is 6. The number of unbranched alkanes of at least 4 members (excludes halogenated alkanes) is 5. The molecule has 4 amide bonds. The molecule has 46 heavy (non-hydrogen) atoms. The smallest absolute Gasteiger partial charge is 0.337 e. The van der Waals surface area contributed by atoms with Gasteiger partial charge in [0.05, 0.1) is 47.9 Å². The van der Waals surface area contributed by atoms with Gasteiger partial charge in [-0.1, -0.05) is 25.7 Å². The molecule has 6 N–H and O–H groups in total. The summed E-state index contributed by atoms with van der Waals surface area (Å²) in [5, 5.41) is 30.1. The lowest BCUT2D eigenvalue weighted by Crippen LogP contribution is -2.25. The van der Waals surface area contributed by atoms with Crippen LogP contribution in [0.25, 0.3) is 0 Å². The van der Waals surface area contributed by atoms with E-state index >= 15 is 0 Å². The maximum absolute atomic E-state index is 12.7. The van der Waals surface area contributed by atoms with Crippen LogP contribution in [0.2, 0.25) is 0 Å². The Balaban J connectivity index is 1.88. The van der Waals surface area contributed by atoms with Gasteiger partial charge in [-0.15, -0.1) is 0 Å². The van der Waals surface area contributed by atoms with Gasteiger partial charge in [0.1, 0.15) is 0 Å². The van der Waals surface area contributed by atoms with Gasteiger partial charge in [-0.2, -0.15) is 0 Å². The van der Waals surface area contributed by atoms with Gasteiger partial charge in [0.25, 0.3) is 11.8 Å². The van der Waals surface area contributed by atoms with Crippen molar-refractivity contribution < 1.29 is 39.0 Å². The first-order valence-corrected chi connectivity index (χ1v) is 20.0. The number of rotatable bonds is 15. The number of aromatic carboxylic acids is 2. The van der Waals surface area contributed by atoms with Gasteiger partial charge in [-0.05, 0) is 148 Å². The molecule has 0 atom stereocenters. The Bertz CT molecular complexity index is 1470. The maximum atomic E-state index is 12.7. The van der Waals surface area contributed by atoms with Crippen molar-refractivity contribution in [1.29, 1.82) is 0 Å². The molecule has 18 heteroatoms. The zero-order chi connectivity index (χ0) is 34.9. The summed E-state index contributed by atoms with van der Waals surface area (Å²) in [6, 6.07) is 0. The summed E-state index contributed by atoms with van der Waals surface area (Å²) in [6.45, 7) is 0. The highest BCUT2D eigenvalue weighted by molar-refractivity contribution is 14.1. The minimum Gasteiger partial charge on any atom is -0.478 e. The number of nitrogens with one attached hydrogen (secondary N) is 4. The van der Waals surface area contributed by atoms with Crippen molar-refractivity contribution in [3.63, 3.8) is 0 Å². The number of amides is 4. The van der Waals surface area contributed by atoms with Crippen molar-refractivity contribution in [2.75, 3.05) is 24.7 Å². The molecule has 0 spiro atoms. The molecule has 2 aromatic carbocycles. The van der Waals surface area contributed by atoms with Crippen LogP contribution < -0.4 is 21.3 Å². The number of hydrogen-bond donors (Lipinski definition) is 6. The van der Waals surface area contributed by atoms with Crippen molar-refractivity contribution in [1.82, 2.24) is 10.6 Å². The molecule has 2 aromatic rings. The molecule has 250 valence electrons. The maximum Gasteiger partial charge on any atom is 0.337 e. The van der Waals surface area contributed by atoms with E-state index in [4.69, 9.17) is 0 Å². The summed E-state index contributed by atoms with van der Waals surface area (Å²) in [7, 11) is 2.91. The molecule has 0 fully saturated rings. The van der Waals surface area contributed by atoms with E-state index in [0.717, 1.165) is 25.7 Å². The van der Waals surface area contributed by atoms with E-state index in [0.29, 0.717) is 45.6 Å². The Morgan fingerprint density at radius 3 is 1.04 bits per heavy atom. The number of carboxylic acids is 2. The van der Waals surface area contributed by atoms with Gasteiger partial charge < -0.3 is 31.5 Å². The first-order chi connectivity index (χ1) is 21.6. The number of carbonyl (C=O) groups is 6. The van der Waals surface area contributed by atoms with Crippen molar-refractivity contribution in [3.05, 3.63) is 43.7 Å². The molecule has 0 heterocycles. The van der Waals surface area contributed by atoms with E-state index in [1.165, 1.54) is 14.1 Å². The zero-order valence-corrected chi connectivity index (χ0v) is 37.2. The minimum absolute atomic E-state index is 0.0362. The Morgan fingerprint density at radius 1 is 0.478 bits per heavy atom.